The first-order chi connectivity index (χ1) is 13.8. The number of benzene rings is 3. The minimum absolute atomic E-state index is 0.00393. The monoisotopic (exact) mass is 399 g/mol. The number of carbonyl (C=O) groups excluding carboxylic acids is 1. The van der Waals surface area contributed by atoms with Gasteiger partial charge < -0.3 is 5.73 Å². The summed E-state index contributed by atoms with van der Waals surface area (Å²) in [6, 6.07) is 31.4. The predicted molar refractivity (Wildman–Crippen MR) is 125 cm³/mol. The summed E-state index contributed by atoms with van der Waals surface area (Å²) < 4.78 is 0. The van der Waals surface area contributed by atoms with Gasteiger partial charge in [-0.2, -0.15) is 0 Å². The van der Waals surface area contributed by atoms with Gasteiger partial charge in [-0.15, -0.1) is 0 Å². The zero-order valence-electron chi connectivity index (χ0n) is 17.4. The highest BCUT2D eigenvalue weighted by Crippen LogP contribution is 2.39. The van der Waals surface area contributed by atoms with Crippen molar-refractivity contribution < 1.29 is 4.79 Å². The summed E-state index contributed by atoms with van der Waals surface area (Å²) in [5, 5.41) is 2.67. The molecule has 0 saturated carbocycles. The number of hydrogen-bond donors (Lipinski definition) is 1. The maximum atomic E-state index is 12.7. The smallest absolute Gasteiger partial charge is 0.187 e. The van der Waals surface area contributed by atoms with E-state index in [0.29, 0.717) is 17.3 Å². The van der Waals surface area contributed by atoms with Crippen molar-refractivity contribution in [1.29, 1.82) is 0 Å². The van der Waals surface area contributed by atoms with E-state index in [4.69, 9.17) is 5.73 Å². The van der Waals surface area contributed by atoms with E-state index >= 15 is 0 Å². The van der Waals surface area contributed by atoms with Crippen LogP contribution >= 0.6 is 0 Å². The lowest BCUT2D eigenvalue weighted by atomic mass is 10.1. The molecule has 0 aliphatic carbocycles. The van der Waals surface area contributed by atoms with E-state index in [2.05, 4.69) is 81.4 Å². The Morgan fingerprint density at radius 2 is 1.21 bits per heavy atom. The molecule has 0 spiro atoms. The molecule has 148 valence electrons. The summed E-state index contributed by atoms with van der Waals surface area (Å²) in [7, 11) is -2.33. The molecule has 0 unspecified atom stereocenters. The number of rotatable bonds is 6. The third kappa shape index (κ3) is 4.41. The summed E-state index contributed by atoms with van der Waals surface area (Å²) in [6.45, 7) is 6.89. The standard InChI is InChI=1S/C26H29NOSi/c1-26(2,3)29(23-15-9-5-10-16-23,24-17-11-6-12-18-24)20-22(27)19-25(28)21-13-7-4-8-14-21/h4-19H,20,27H2,1-3H3/b22-19-. The van der Waals surface area contributed by atoms with Crippen molar-refractivity contribution in [2.45, 2.75) is 31.9 Å². The van der Waals surface area contributed by atoms with E-state index in [1.165, 1.54) is 10.4 Å². The molecular formula is C26H29NOSi. The van der Waals surface area contributed by atoms with Crippen molar-refractivity contribution >= 4 is 24.2 Å². The van der Waals surface area contributed by atoms with E-state index in [-0.39, 0.29) is 10.8 Å². The van der Waals surface area contributed by atoms with E-state index in [0.717, 1.165) is 0 Å². The molecule has 2 N–H and O–H groups in total. The zero-order chi connectivity index (χ0) is 20.9. The van der Waals surface area contributed by atoms with Crippen molar-refractivity contribution in [1.82, 2.24) is 0 Å². The lowest BCUT2D eigenvalue weighted by Crippen LogP contribution is -2.64. The van der Waals surface area contributed by atoms with Gasteiger partial charge in [0.2, 0.25) is 0 Å². The van der Waals surface area contributed by atoms with Crippen LogP contribution in [0.25, 0.3) is 0 Å². The van der Waals surface area contributed by atoms with Crippen LogP contribution in [0.3, 0.4) is 0 Å². The van der Waals surface area contributed by atoms with Gasteiger partial charge in [-0.25, -0.2) is 0 Å². The minimum Gasteiger partial charge on any atom is -0.402 e. The second-order valence-electron chi connectivity index (χ2n) is 8.51. The summed E-state index contributed by atoms with van der Waals surface area (Å²) in [6.07, 6.45) is 1.62. The summed E-state index contributed by atoms with van der Waals surface area (Å²) in [4.78, 5) is 12.7. The number of ketones is 1. The minimum atomic E-state index is -2.33. The first-order valence-electron chi connectivity index (χ1n) is 10.0. The van der Waals surface area contributed by atoms with Gasteiger partial charge in [0, 0.05) is 17.3 Å². The fourth-order valence-corrected chi connectivity index (χ4v) is 9.40. The Morgan fingerprint density at radius 1 is 0.793 bits per heavy atom. The van der Waals surface area contributed by atoms with Gasteiger partial charge >= 0.3 is 0 Å². The van der Waals surface area contributed by atoms with Crippen LogP contribution in [0.15, 0.2) is 103 Å². The van der Waals surface area contributed by atoms with Crippen LogP contribution in [0.4, 0.5) is 0 Å². The zero-order valence-corrected chi connectivity index (χ0v) is 18.4. The molecule has 0 amide bonds. The highest BCUT2D eigenvalue weighted by molar-refractivity contribution is 7.04. The van der Waals surface area contributed by atoms with Crippen LogP contribution < -0.4 is 16.1 Å². The summed E-state index contributed by atoms with van der Waals surface area (Å²) in [5.41, 5.74) is 7.86. The number of allylic oxidation sites excluding steroid dienone is 2. The van der Waals surface area contributed by atoms with E-state index in [1.807, 2.05) is 30.3 Å². The van der Waals surface area contributed by atoms with Crippen LogP contribution in [0.1, 0.15) is 31.1 Å². The first kappa shape index (κ1) is 20.8. The van der Waals surface area contributed by atoms with Gasteiger partial charge in [-0.05, 0) is 11.1 Å². The Bertz CT molecular complexity index is 934. The van der Waals surface area contributed by atoms with Crippen LogP contribution in [0.2, 0.25) is 11.1 Å². The maximum Gasteiger partial charge on any atom is 0.187 e. The molecule has 0 radical (unpaired) electrons. The second kappa shape index (κ2) is 8.62. The van der Waals surface area contributed by atoms with Crippen molar-refractivity contribution in [3.05, 3.63) is 108 Å². The SMILES string of the molecule is CC(C)(C)[Si](C/C(N)=C/C(=O)c1ccccc1)(c1ccccc1)c1ccccc1. The molecule has 3 rings (SSSR count). The van der Waals surface area contributed by atoms with Gasteiger partial charge in [-0.3, -0.25) is 4.79 Å². The van der Waals surface area contributed by atoms with Crippen LogP contribution in [-0.4, -0.2) is 13.9 Å². The molecule has 0 heterocycles. The molecule has 3 heteroatoms. The van der Waals surface area contributed by atoms with Crippen molar-refractivity contribution in [3.8, 4) is 0 Å². The van der Waals surface area contributed by atoms with Gasteiger partial charge in [0.15, 0.2) is 5.78 Å². The first-order valence-corrected chi connectivity index (χ1v) is 12.2. The average Bonchev–Trinajstić information content (AvgIpc) is 2.73. The van der Waals surface area contributed by atoms with Crippen LogP contribution in [-0.2, 0) is 0 Å². The quantitative estimate of drug-likeness (QED) is 0.368. The van der Waals surface area contributed by atoms with Gasteiger partial charge in [0.1, 0.15) is 8.07 Å². The van der Waals surface area contributed by atoms with Gasteiger partial charge in [0.25, 0.3) is 0 Å². The predicted octanol–water partition coefficient (Wildman–Crippen LogP) is 4.78. The van der Waals surface area contributed by atoms with Gasteiger partial charge in [-0.1, -0.05) is 122 Å². The Balaban J connectivity index is 2.11. The molecule has 0 aliphatic heterocycles. The summed E-state index contributed by atoms with van der Waals surface area (Å²) >= 11 is 0. The second-order valence-corrected chi connectivity index (χ2v) is 13.3. The fraction of sp³-hybridized carbons (Fsp3) is 0.192. The Morgan fingerprint density at radius 3 is 1.62 bits per heavy atom. The van der Waals surface area contributed by atoms with E-state index in [9.17, 15) is 4.79 Å². The topological polar surface area (TPSA) is 43.1 Å². The lowest BCUT2D eigenvalue weighted by molar-refractivity contribution is 0.104. The van der Waals surface area contributed by atoms with Crippen molar-refractivity contribution in [3.63, 3.8) is 0 Å². The number of nitrogens with two attached hydrogens (primary N) is 1. The third-order valence-electron chi connectivity index (χ3n) is 5.66. The highest BCUT2D eigenvalue weighted by Gasteiger charge is 2.47. The van der Waals surface area contributed by atoms with Gasteiger partial charge in [0.05, 0.1) is 0 Å². The summed E-state index contributed by atoms with van der Waals surface area (Å²) in [5.74, 6) is -0.0407. The Kier molecular flexibility index (Phi) is 6.19. The third-order valence-corrected chi connectivity index (χ3v) is 11.8. The largest absolute Gasteiger partial charge is 0.402 e. The molecule has 0 fully saturated rings. The molecule has 0 bridgehead atoms. The highest BCUT2D eigenvalue weighted by atomic mass is 28.3. The van der Waals surface area contributed by atoms with E-state index in [1.54, 1.807) is 6.08 Å². The van der Waals surface area contributed by atoms with Crippen molar-refractivity contribution in [2.75, 3.05) is 0 Å². The van der Waals surface area contributed by atoms with Crippen LogP contribution in [0.5, 0.6) is 0 Å². The van der Waals surface area contributed by atoms with Crippen molar-refractivity contribution in [2.24, 2.45) is 5.73 Å². The van der Waals surface area contributed by atoms with E-state index < -0.39 is 8.07 Å². The number of carbonyl (C=O) groups is 1. The maximum absolute atomic E-state index is 12.7. The molecule has 29 heavy (non-hydrogen) atoms. The van der Waals surface area contributed by atoms with Crippen LogP contribution in [0, 0.1) is 0 Å². The normalized spacial score (nSPS) is 12.6. The molecule has 3 aromatic carbocycles. The molecule has 0 saturated heterocycles. The molecule has 0 aliphatic rings. The molecule has 0 aromatic heterocycles. The fourth-order valence-electron chi connectivity index (χ4n) is 4.16. The lowest BCUT2D eigenvalue weighted by Gasteiger charge is -2.44. The molecule has 3 aromatic rings. The average molecular weight is 400 g/mol. The molecular weight excluding hydrogens is 370 g/mol. The molecule has 0 atom stereocenters. The Hall–Kier alpha value is -2.91. The number of hydrogen-bond acceptors (Lipinski definition) is 2. The molecule has 2 nitrogen and oxygen atoms in total. The Labute approximate surface area is 175 Å².